The summed E-state index contributed by atoms with van der Waals surface area (Å²) in [5.41, 5.74) is 1.11. The van der Waals surface area contributed by atoms with E-state index in [-0.39, 0.29) is 17.3 Å². The van der Waals surface area contributed by atoms with Gasteiger partial charge in [-0.2, -0.15) is 4.31 Å². The molecule has 1 N–H and O–H groups in total. The lowest BCUT2D eigenvalue weighted by molar-refractivity contribution is -0.121. The average molecular weight is 437 g/mol. The smallest absolute Gasteiger partial charge is 0.243 e. The van der Waals surface area contributed by atoms with Crippen LogP contribution in [0.1, 0.15) is 12.0 Å². The fourth-order valence-electron chi connectivity index (χ4n) is 2.85. The lowest BCUT2D eigenvalue weighted by Crippen LogP contribution is -2.38. The fourth-order valence-corrected chi connectivity index (χ4v) is 3.99. The van der Waals surface area contributed by atoms with E-state index in [1.165, 1.54) is 39.5 Å². The SMILES string of the molecule is COc1cccc(CCCNC(=O)CN(C)S(=O)(=O)c2ccc(OC)c(OC)c2)c1. The second kappa shape index (κ2) is 10.8. The minimum Gasteiger partial charge on any atom is -0.497 e. The molecule has 2 rings (SSSR count). The van der Waals surface area contributed by atoms with E-state index in [0.717, 1.165) is 28.5 Å². The number of methoxy groups -OCH3 is 3. The van der Waals surface area contributed by atoms with Crippen LogP contribution in [0.15, 0.2) is 47.4 Å². The number of amides is 1. The number of sulfonamides is 1. The molecular formula is C21H28N2O6S. The Bertz CT molecular complexity index is 962. The van der Waals surface area contributed by atoms with Crippen LogP contribution in [0.4, 0.5) is 0 Å². The summed E-state index contributed by atoms with van der Waals surface area (Å²) in [6.45, 7) is 0.163. The van der Waals surface area contributed by atoms with Crippen molar-refractivity contribution in [2.45, 2.75) is 17.7 Å². The number of nitrogens with zero attached hydrogens (tertiary/aromatic N) is 1. The van der Waals surface area contributed by atoms with Crippen molar-refractivity contribution in [3.8, 4) is 17.2 Å². The zero-order valence-electron chi connectivity index (χ0n) is 17.7. The van der Waals surface area contributed by atoms with Crippen molar-refractivity contribution in [3.05, 3.63) is 48.0 Å². The van der Waals surface area contributed by atoms with Crippen LogP contribution in [0.2, 0.25) is 0 Å². The van der Waals surface area contributed by atoms with Crippen molar-refractivity contribution in [1.29, 1.82) is 0 Å². The molecule has 0 saturated carbocycles. The Hall–Kier alpha value is -2.78. The predicted molar refractivity (Wildman–Crippen MR) is 114 cm³/mol. The number of rotatable bonds is 11. The third-order valence-electron chi connectivity index (χ3n) is 4.53. The molecule has 2 aromatic rings. The molecule has 9 heteroatoms. The molecule has 0 aromatic heterocycles. The van der Waals surface area contributed by atoms with Gasteiger partial charge in [0, 0.05) is 19.7 Å². The second-order valence-corrected chi connectivity index (χ2v) is 8.63. The fraction of sp³-hybridized carbons (Fsp3) is 0.381. The first-order chi connectivity index (χ1) is 14.3. The molecule has 0 atom stereocenters. The molecule has 0 aliphatic rings. The van der Waals surface area contributed by atoms with Crippen LogP contribution >= 0.6 is 0 Å². The minimum absolute atomic E-state index is 0.0217. The Kier molecular flexibility index (Phi) is 8.49. The minimum atomic E-state index is -3.85. The number of carbonyl (C=O) groups excluding carboxylic acids is 1. The van der Waals surface area contributed by atoms with Gasteiger partial charge >= 0.3 is 0 Å². The lowest BCUT2D eigenvalue weighted by atomic mass is 10.1. The van der Waals surface area contributed by atoms with Crippen molar-refractivity contribution in [3.63, 3.8) is 0 Å². The van der Waals surface area contributed by atoms with Gasteiger partial charge in [-0.05, 0) is 42.7 Å². The number of aryl methyl sites for hydroxylation is 1. The van der Waals surface area contributed by atoms with Crippen LogP contribution in [-0.2, 0) is 21.2 Å². The van der Waals surface area contributed by atoms with Crippen molar-refractivity contribution >= 4 is 15.9 Å². The summed E-state index contributed by atoms with van der Waals surface area (Å²) >= 11 is 0. The van der Waals surface area contributed by atoms with E-state index in [1.54, 1.807) is 7.11 Å². The first-order valence-corrected chi connectivity index (χ1v) is 10.8. The Morgan fingerprint density at radius 2 is 1.73 bits per heavy atom. The number of ether oxygens (including phenoxy) is 3. The van der Waals surface area contributed by atoms with Crippen LogP contribution in [0.25, 0.3) is 0 Å². The number of nitrogens with one attached hydrogen (secondary N) is 1. The summed E-state index contributed by atoms with van der Waals surface area (Å²) in [5, 5.41) is 2.76. The maximum atomic E-state index is 12.7. The summed E-state index contributed by atoms with van der Waals surface area (Å²) in [7, 11) is 2.03. The van der Waals surface area contributed by atoms with Gasteiger partial charge in [0.25, 0.3) is 0 Å². The monoisotopic (exact) mass is 436 g/mol. The highest BCUT2D eigenvalue weighted by molar-refractivity contribution is 7.89. The van der Waals surface area contributed by atoms with Gasteiger partial charge in [0.15, 0.2) is 11.5 Å². The van der Waals surface area contributed by atoms with Crippen molar-refractivity contribution < 1.29 is 27.4 Å². The van der Waals surface area contributed by atoms with Crippen LogP contribution in [-0.4, -0.2) is 60.1 Å². The molecule has 0 fully saturated rings. The molecule has 30 heavy (non-hydrogen) atoms. The van der Waals surface area contributed by atoms with Crippen molar-refractivity contribution in [1.82, 2.24) is 9.62 Å². The maximum absolute atomic E-state index is 12.7. The molecule has 0 aliphatic heterocycles. The standard InChI is InChI=1S/C21H28N2O6S/c1-23(30(25,26)18-10-11-19(28-3)20(14-18)29-4)15-21(24)22-12-6-8-16-7-5-9-17(13-16)27-2/h5,7,9-11,13-14H,6,8,12,15H2,1-4H3,(H,22,24). The van der Waals surface area contributed by atoms with Crippen molar-refractivity contribution in [2.75, 3.05) is 41.5 Å². The average Bonchev–Trinajstić information content (AvgIpc) is 2.76. The van der Waals surface area contributed by atoms with Crippen LogP contribution < -0.4 is 19.5 Å². The van der Waals surface area contributed by atoms with Gasteiger partial charge in [-0.3, -0.25) is 4.79 Å². The number of benzene rings is 2. The van der Waals surface area contributed by atoms with Crippen LogP contribution in [0.3, 0.4) is 0 Å². The van der Waals surface area contributed by atoms with E-state index in [9.17, 15) is 13.2 Å². The van der Waals surface area contributed by atoms with Gasteiger partial charge < -0.3 is 19.5 Å². The van der Waals surface area contributed by atoms with E-state index >= 15 is 0 Å². The Morgan fingerprint density at radius 1 is 1.00 bits per heavy atom. The van der Waals surface area contributed by atoms with Crippen LogP contribution in [0, 0.1) is 0 Å². The Morgan fingerprint density at radius 3 is 2.40 bits per heavy atom. The van der Waals surface area contributed by atoms with Gasteiger partial charge in [-0.25, -0.2) is 8.42 Å². The number of likely N-dealkylation sites (N-methyl/N-ethyl adjacent to an activating group) is 1. The number of carbonyl (C=O) groups is 1. The molecule has 1 amide bonds. The largest absolute Gasteiger partial charge is 0.497 e. The Balaban J connectivity index is 1.88. The van der Waals surface area contributed by atoms with E-state index in [2.05, 4.69) is 5.32 Å². The van der Waals surface area contributed by atoms with Gasteiger partial charge in [0.05, 0.1) is 32.8 Å². The van der Waals surface area contributed by atoms with Gasteiger partial charge in [0.2, 0.25) is 15.9 Å². The van der Waals surface area contributed by atoms with Crippen LogP contribution in [0.5, 0.6) is 17.2 Å². The molecule has 8 nitrogen and oxygen atoms in total. The molecule has 164 valence electrons. The van der Waals surface area contributed by atoms with E-state index in [0.29, 0.717) is 18.0 Å². The predicted octanol–water partition coefficient (Wildman–Crippen LogP) is 2.08. The van der Waals surface area contributed by atoms with E-state index < -0.39 is 10.0 Å². The summed E-state index contributed by atoms with van der Waals surface area (Å²) in [6, 6.07) is 12.0. The first kappa shape index (κ1) is 23.5. The normalized spacial score (nSPS) is 11.2. The summed E-state index contributed by atoms with van der Waals surface area (Å²) < 4.78 is 42.0. The zero-order chi connectivity index (χ0) is 22.1. The maximum Gasteiger partial charge on any atom is 0.243 e. The van der Waals surface area contributed by atoms with E-state index in [4.69, 9.17) is 14.2 Å². The summed E-state index contributed by atoms with van der Waals surface area (Å²) in [6.07, 6.45) is 1.50. The lowest BCUT2D eigenvalue weighted by Gasteiger charge is -2.18. The molecule has 2 aromatic carbocycles. The zero-order valence-corrected chi connectivity index (χ0v) is 18.5. The molecule has 0 bridgehead atoms. The number of hydrogen-bond donors (Lipinski definition) is 1. The summed E-state index contributed by atoms with van der Waals surface area (Å²) in [5.74, 6) is 1.15. The Labute approximate surface area is 177 Å². The topological polar surface area (TPSA) is 94.2 Å². The molecule has 0 heterocycles. The van der Waals surface area contributed by atoms with Gasteiger partial charge in [-0.15, -0.1) is 0 Å². The molecule has 0 radical (unpaired) electrons. The molecule has 0 spiro atoms. The third kappa shape index (κ3) is 6.11. The van der Waals surface area contributed by atoms with Gasteiger partial charge in [0.1, 0.15) is 5.75 Å². The highest BCUT2D eigenvalue weighted by Gasteiger charge is 2.24. The third-order valence-corrected chi connectivity index (χ3v) is 6.33. The summed E-state index contributed by atoms with van der Waals surface area (Å²) in [4.78, 5) is 12.2. The second-order valence-electron chi connectivity index (χ2n) is 6.58. The quantitative estimate of drug-likeness (QED) is 0.542. The van der Waals surface area contributed by atoms with Crippen molar-refractivity contribution in [2.24, 2.45) is 0 Å². The first-order valence-electron chi connectivity index (χ1n) is 9.39. The van der Waals surface area contributed by atoms with E-state index in [1.807, 2.05) is 24.3 Å². The van der Waals surface area contributed by atoms with Gasteiger partial charge in [-0.1, -0.05) is 12.1 Å². The molecule has 0 saturated heterocycles. The highest BCUT2D eigenvalue weighted by atomic mass is 32.2. The molecular weight excluding hydrogens is 408 g/mol. The molecule has 0 aliphatic carbocycles. The highest BCUT2D eigenvalue weighted by Crippen LogP contribution is 2.30. The number of hydrogen-bond acceptors (Lipinski definition) is 6. The molecule has 0 unspecified atom stereocenters.